The zero-order chi connectivity index (χ0) is 15.4. The van der Waals surface area contributed by atoms with Crippen LogP contribution in [0.4, 0.5) is 0 Å². The summed E-state index contributed by atoms with van der Waals surface area (Å²) in [4.78, 5) is 4.32. The van der Waals surface area contributed by atoms with E-state index in [4.69, 9.17) is 0 Å². The van der Waals surface area contributed by atoms with Gasteiger partial charge in [0.15, 0.2) is 0 Å². The van der Waals surface area contributed by atoms with E-state index in [-0.39, 0.29) is 12.0 Å². The van der Waals surface area contributed by atoms with E-state index in [0.717, 1.165) is 29.7 Å². The van der Waals surface area contributed by atoms with Crippen molar-refractivity contribution in [3.63, 3.8) is 0 Å². The van der Waals surface area contributed by atoms with Gasteiger partial charge in [0.1, 0.15) is 0 Å². The van der Waals surface area contributed by atoms with E-state index in [1.807, 2.05) is 12.5 Å². The van der Waals surface area contributed by atoms with E-state index in [9.17, 15) is 5.11 Å². The molecule has 0 saturated heterocycles. The number of benzene rings is 1. The average Bonchev–Trinajstić information content (AvgIpc) is 3.17. The first-order valence-corrected chi connectivity index (χ1v) is 7.93. The normalized spacial score (nSPS) is 24.8. The Hall–Kier alpha value is -2.53. The molecule has 1 aromatic carbocycles. The number of imidazole rings is 1. The van der Waals surface area contributed by atoms with Gasteiger partial charge >= 0.3 is 0 Å². The molecule has 0 spiro atoms. The van der Waals surface area contributed by atoms with Gasteiger partial charge in [0.05, 0.1) is 42.8 Å². The van der Waals surface area contributed by atoms with Crippen LogP contribution in [0.3, 0.4) is 0 Å². The van der Waals surface area contributed by atoms with Crippen LogP contribution in [-0.4, -0.2) is 24.9 Å². The predicted octanol–water partition coefficient (Wildman–Crippen LogP) is 2.54. The van der Waals surface area contributed by atoms with Crippen molar-refractivity contribution in [1.82, 2.24) is 19.7 Å². The van der Waals surface area contributed by atoms with Crippen LogP contribution in [-0.2, 0) is 6.42 Å². The first-order valence-electron chi connectivity index (χ1n) is 7.93. The lowest BCUT2D eigenvalue weighted by molar-refractivity contribution is 0.0714. The molecule has 2 aliphatic rings. The molecule has 0 bridgehead atoms. The highest BCUT2D eigenvalue weighted by Crippen LogP contribution is 2.49. The summed E-state index contributed by atoms with van der Waals surface area (Å²) >= 11 is 0. The molecule has 0 fully saturated rings. The first-order chi connectivity index (χ1) is 11.3. The number of fused-ring (bicyclic) bond motifs is 4. The molecule has 0 amide bonds. The monoisotopic (exact) mass is 304 g/mol. The molecule has 5 rings (SSSR count). The lowest BCUT2D eigenvalue weighted by Gasteiger charge is -2.34. The van der Waals surface area contributed by atoms with Crippen LogP contribution < -0.4 is 0 Å². The van der Waals surface area contributed by atoms with Crippen LogP contribution in [0.25, 0.3) is 11.3 Å². The van der Waals surface area contributed by atoms with E-state index >= 15 is 0 Å². The molecule has 3 heterocycles. The Labute approximate surface area is 133 Å². The molecule has 0 saturated carbocycles. The minimum Gasteiger partial charge on any atom is -0.388 e. The number of aliphatic hydroxyl groups excluding tert-OH is 1. The molecule has 2 aromatic heterocycles. The number of rotatable bonds is 1. The Bertz CT molecular complexity index is 888. The summed E-state index contributed by atoms with van der Waals surface area (Å²) in [5.74, 6) is 0.114. The summed E-state index contributed by atoms with van der Waals surface area (Å²) in [5, 5.41) is 18.9. The summed E-state index contributed by atoms with van der Waals surface area (Å²) in [6, 6.07) is 8.55. The molecule has 3 atom stereocenters. The molecule has 1 aliphatic carbocycles. The minimum atomic E-state index is -0.527. The number of aryl methyl sites for hydroxylation is 1. The Morgan fingerprint density at radius 2 is 1.91 bits per heavy atom. The van der Waals surface area contributed by atoms with Crippen molar-refractivity contribution in [3.8, 4) is 11.3 Å². The molecule has 0 unspecified atom stereocenters. The number of aromatic nitrogens is 4. The van der Waals surface area contributed by atoms with Crippen LogP contribution in [0.1, 0.15) is 35.3 Å². The zero-order valence-corrected chi connectivity index (χ0v) is 12.5. The fourth-order valence-electron chi connectivity index (χ4n) is 4.18. The van der Waals surface area contributed by atoms with Crippen LogP contribution in [0.15, 0.2) is 49.2 Å². The third-order valence-corrected chi connectivity index (χ3v) is 5.25. The topological polar surface area (TPSA) is 63.8 Å². The summed E-state index contributed by atoms with van der Waals surface area (Å²) in [6.45, 7) is 0. The average molecular weight is 304 g/mol. The molecule has 0 radical (unpaired) electrons. The molecule has 23 heavy (non-hydrogen) atoms. The third-order valence-electron chi connectivity index (χ3n) is 5.25. The highest BCUT2D eigenvalue weighted by Gasteiger charge is 2.40. The lowest BCUT2D eigenvalue weighted by atomic mass is 9.77. The minimum absolute atomic E-state index is 0.114. The van der Waals surface area contributed by atoms with Gasteiger partial charge in [0, 0.05) is 17.0 Å². The summed E-state index contributed by atoms with van der Waals surface area (Å²) in [7, 11) is 0. The van der Waals surface area contributed by atoms with Crippen molar-refractivity contribution in [1.29, 1.82) is 0 Å². The van der Waals surface area contributed by atoms with Crippen LogP contribution >= 0.6 is 0 Å². The largest absolute Gasteiger partial charge is 0.388 e. The van der Waals surface area contributed by atoms with Gasteiger partial charge < -0.3 is 9.67 Å². The van der Waals surface area contributed by atoms with Crippen molar-refractivity contribution >= 4 is 0 Å². The maximum Gasteiger partial charge on any atom is 0.0956 e. The number of hydrogen-bond donors (Lipinski definition) is 1. The standard InChI is InChI=1S/C18H16N4O/c23-18-14(6-5-11-7-20-21-8-15(11)18)17-13-4-2-1-3-12(13)16-9-19-10-22(16)17/h1-4,7-10,14,17-18,23H,5-6H2/t14-,17-,18+/m1/s1. The highest BCUT2D eigenvalue weighted by molar-refractivity contribution is 5.69. The number of hydrogen-bond acceptors (Lipinski definition) is 4. The zero-order valence-electron chi connectivity index (χ0n) is 12.5. The third kappa shape index (κ3) is 1.74. The fraction of sp³-hybridized carbons (Fsp3) is 0.278. The summed E-state index contributed by atoms with van der Waals surface area (Å²) in [5.41, 5.74) is 5.67. The van der Waals surface area contributed by atoms with Gasteiger partial charge in [-0.2, -0.15) is 10.2 Å². The smallest absolute Gasteiger partial charge is 0.0956 e. The quantitative estimate of drug-likeness (QED) is 0.750. The van der Waals surface area contributed by atoms with Crippen molar-refractivity contribution in [2.24, 2.45) is 5.92 Å². The lowest BCUT2D eigenvalue weighted by Crippen LogP contribution is -2.28. The molecular weight excluding hydrogens is 288 g/mol. The van der Waals surface area contributed by atoms with Crippen LogP contribution in [0.2, 0.25) is 0 Å². The molecule has 3 aromatic rings. The molecular formula is C18H16N4O. The van der Waals surface area contributed by atoms with Crippen LogP contribution in [0.5, 0.6) is 0 Å². The molecule has 1 aliphatic heterocycles. The first kappa shape index (κ1) is 13.0. The van der Waals surface area contributed by atoms with Crippen LogP contribution in [0, 0.1) is 5.92 Å². The molecule has 114 valence electrons. The second-order valence-electron chi connectivity index (χ2n) is 6.34. The molecule has 5 heteroatoms. The van der Waals surface area contributed by atoms with Gasteiger partial charge in [0.2, 0.25) is 0 Å². The SMILES string of the molecule is O[C@@H]1c2cnncc2CC[C@@H]1[C@H]1c2ccccc2-c2cncn21. The van der Waals surface area contributed by atoms with Gasteiger partial charge in [-0.15, -0.1) is 0 Å². The second kappa shape index (κ2) is 4.73. The Morgan fingerprint density at radius 3 is 2.87 bits per heavy atom. The van der Waals surface area contributed by atoms with E-state index in [2.05, 4.69) is 44.0 Å². The van der Waals surface area contributed by atoms with E-state index in [1.165, 1.54) is 11.1 Å². The highest BCUT2D eigenvalue weighted by atomic mass is 16.3. The van der Waals surface area contributed by atoms with Gasteiger partial charge in [-0.05, 0) is 24.0 Å². The van der Waals surface area contributed by atoms with Crippen molar-refractivity contribution in [2.75, 3.05) is 0 Å². The van der Waals surface area contributed by atoms with Gasteiger partial charge in [0.25, 0.3) is 0 Å². The van der Waals surface area contributed by atoms with Crippen molar-refractivity contribution in [2.45, 2.75) is 25.0 Å². The van der Waals surface area contributed by atoms with E-state index in [0.29, 0.717) is 0 Å². The maximum absolute atomic E-state index is 11.0. The number of aliphatic hydroxyl groups is 1. The van der Waals surface area contributed by atoms with E-state index < -0.39 is 6.10 Å². The van der Waals surface area contributed by atoms with Gasteiger partial charge in [-0.25, -0.2) is 4.98 Å². The fourth-order valence-corrected chi connectivity index (χ4v) is 4.18. The Balaban J connectivity index is 1.64. The van der Waals surface area contributed by atoms with Crippen molar-refractivity contribution in [3.05, 3.63) is 65.9 Å². The maximum atomic E-state index is 11.0. The Morgan fingerprint density at radius 1 is 1.04 bits per heavy atom. The predicted molar refractivity (Wildman–Crippen MR) is 84.6 cm³/mol. The summed E-state index contributed by atoms with van der Waals surface area (Å²) < 4.78 is 2.21. The second-order valence-corrected chi connectivity index (χ2v) is 6.34. The van der Waals surface area contributed by atoms with Crippen molar-refractivity contribution < 1.29 is 5.11 Å². The summed E-state index contributed by atoms with van der Waals surface area (Å²) in [6.07, 6.45) is 8.61. The van der Waals surface area contributed by atoms with E-state index in [1.54, 1.807) is 12.4 Å². The number of nitrogens with zero attached hydrogens (tertiary/aromatic N) is 4. The Kier molecular flexibility index (Phi) is 2.67. The molecule has 1 N–H and O–H groups in total. The van der Waals surface area contributed by atoms with Gasteiger partial charge in [-0.1, -0.05) is 24.3 Å². The van der Waals surface area contributed by atoms with Gasteiger partial charge in [-0.3, -0.25) is 0 Å². The molecule has 5 nitrogen and oxygen atoms in total.